The molecule has 0 spiro atoms. The molecule has 0 radical (unpaired) electrons. The van der Waals surface area contributed by atoms with Crippen molar-refractivity contribution in [3.63, 3.8) is 0 Å². The Morgan fingerprint density at radius 2 is 1.91 bits per heavy atom. The minimum absolute atomic E-state index is 0.0250. The van der Waals surface area contributed by atoms with E-state index in [0.29, 0.717) is 12.5 Å². The molecule has 1 aromatic rings. The lowest BCUT2D eigenvalue weighted by Gasteiger charge is -2.43. The topological polar surface area (TPSA) is 46.6 Å². The first kappa shape index (κ1) is 15.7. The molecule has 2 aliphatic rings. The molecule has 1 aliphatic carbocycles. The van der Waals surface area contributed by atoms with E-state index in [4.69, 9.17) is 4.74 Å². The van der Waals surface area contributed by atoms with Crippen LogP contribution in [0.1, 0.15) is 38.5 Å². The predicted octanol–water partition coefficient (Wildman–Crippen LogP) is 3.18. The molecule has 1 saturated heterocycles. The lowest BCUT2D eigenvalue weighted by Crippen LogP contribution is -2.49. The van der Waals surface area contributed by atoms with E-state index in [1.807, 2.05) is 0 Å². The van der Waals surface area contributed by atoms with Gasteiger partial charge in [-0.05, 0) is 49.8 Å². The van der Waals surface area contributed by atoms with Gasteiger partial charge in [-0.2, -0.15) is 4.31 Å². The highest BCUT2D eigenvalue weighted by atomic mass is 32.2. The number of fused-ring (bicyclic) bond motifs is 1. The Morgan fingerprint density at radius 3 is 2.64 bits per heavy atom. The van der Waals surface area contributed by atoms with E-state index in [0.717, 1.165) is 38.2 Å². The van der Waals surface area contributed by atoms with E-state index in [2.05, 4.69) is 0 Å². The zero-order valence-corrected chi connectivity index (χ0v) is 13.6. The third-order valence-corrected chi connectivity index (χ3v) is 6.84. The largest absolute Gasteiger partial charge is 0.494 e. The van der Waals surface area contributed by atoms with Gasteiger partial charge >= 0.3 is 0 Å². The minimum Gasteiger partial charge on any atom is -0.494 e. The van der Waals surface area contributed by atoms with Crippen LogP contribution in [0.3, 0.4) is 0 Å². The maximum Gasteiger partial charge on any atom is 0.243 e. The van der Waals surface area contributed by atoms with Crippen LogP contribution in [0, 0.1) is 11.7 Å². The number of hydrogen-bond donors (Lipinski definition) is 0. The molecule has 1 heterocycles. The van der Waals surface area contributed by atoms with Gasteiger partial charge in [-0.25, -0.2) is 12.8 Å². The Kier molecular flexibility index (Phi) is 4.41. The number of benzene rings is 1. The average molecular weight is 327 g/mol. The molecule has 122 valence electrons. The van der Waals surface area contributed by atoms with Gasteiger partial charge in [0.25, 0.3) is 0 Å². The Balaban J connectivity index is 1.92. The number of piperidine rings is 1. The fourth-order valence-electron chi connectivity index (χ4n) is 3.82. The van der Waals surface area contributed by atoms with Crippen LogP contribution in [0.2, 0.25) is 0 Å². The summed E-state index contributed by atoms with van der Waals surface area (Å²) in [5, 5.41) is 0. The third kappa shape index (κ3) is 2.74. The molecule has 1 saturated carbocycles. The van der Waals surface area contributed by atoms with Crippen LogP contribution in [0.15, 0.2) is 23.1 Å². The van der Waals surface area contributed by atoms with Gasteiger partial charge in [-0.1, -0.05) is 12.8 Å². The van der Waals surface area contributed by atoms with E-state index >= 15 is 0 Å². The SMILES string of the molecule is COc1ccc(S(=O)(=O)N2CCC[C@@H]3CCCC[C@H]32)cc1F. The zero-order valence-electron chi connectivity index (χ0n) is 12.8. The monoisotopic (exact) mass is 327 g/mol. The van der Waals surface area contributed by atoms with Gasteiger partial charge in [0.1, 0.15) is 0 Å². The van der Waals surface area contributed by atoms with Crippen molar-refractivity contribution < 1.29 is 17.5 Å². The van der Waals surface area contributed by atoms with Crippen molar-refractivity contribution in [1.82, 2.24) is 4.31 Å². The summed E-state index contributed by atoms with van der Waals surface area (Å²) < 4.78 is 46.2. The number of sulfonamides is 1. The highest BCUT2D eigenvalue weighted by Crippen LogP contribution is 2.38. The molecule has 1 aromatic carbocycles. The van der Waals surface area contributed by atoms with Crippen LogP contribution in [-0.2, 0) is 10.0 Å². The molecule has 4 nitrogen and oxygen atoms in total. The summed E-state index contributed by atoms with van der Waals surface area (Å²) in [5.74, 6) is -0.116. The summed E-state index contributed by atoms with van der Waals surface area (Å²) in [6.45, 7) is 0.539. The molecule has 22 heavy (non-hydrogen) atoms. The summed E-state index contributed by atoms with van der Waals surface area (Å²) in [4.78, 5) is 0.0250. The molecule has 0 aromatic heterocycles. The van der Waals surface area contributed by atoms with Crippen LogP contribution in [-0.4, -0.2) is 32.4 Å². The van der Waals surface area contributed by atoms with Gasteiger partial charge in [0.2, 0.25) is 10.0 Å². The maximum atomic E-state index is 13.9. The Bertz CT molecular complexity index is 645. The van der Waals surface area contributed by atoms with Crippen molar-refractivity contribution in [2.24, 2.45) is 5.92 Å². The number of methoxy groups -OCH3 is 1. The number of hydrogen-bond acceptors (Lipinski definition) is 3. The van der Waals surface area contributed by atoms with Gasteiger partial charge in [0.05, 0.1) is 12.0 Å². The van der Waals surface area contributed by atoms with Crippen molar-refractivity contribution in [2.45, 2.75) is 49.5 Å². The van der Waals surface area contributed by atoms with Gasteiger partial charge in [-0.15, -0.1) is 0 Å². The molecule has 2 fully saturated rings. The van der Waals surface area contributed by atoms with Crippen molar-refractivity contribution in [3.8, 4) is 5.75 Å². The second kappa shape index (κ2) is 6.16. The minimum atomic E-state index is -3.64. The summed E-state index contributed by atoms with van der Waals surface area (Å²) in [6.07, 6.45) is 6.28. The smallest absolute Gasteiger partial charge is 0.243 e. The van der Waals surface area contributed by atoms with E-state index in [-0.39, 0.29) is 16.7 Å². The first-order chi connectivity index (χ1) is 10.5. The fraction of sp³-hybridized carbons (Fsp3) is 0.625. The highest BCUT2D eigenvalue weighted by molar-refractivity contribution is 7.89. The molecule has 0 amide bonds. The average Bonchev–Trinajstić information content (AvgIpc) is 2.54. The first-order valence-corrected chi connectivity index (χ1v) is 9.33. The quantitative estimate of drug-likeness (QED) is 0.856. The summed E-state index contributed by atoms with van der Waals surface area (Å²) >= 11 is 0. The Hall–Kier alpha value is -1.14. The lowest BCUT2D eigenvalue weighted by atomic mass is 9.79. The Labute approximate surface area is 131 Å². The van der Waals surface area contributed by atoms with Crippen LogP contribution in [0.4, 0.5) is 4.39 Å². The first-order valence-electron chi connectivity index (χ1n) is 7.89. The number of ether oxygens (including phenoxy) is 1. The number of rotatable bonds is 3. The summed E-state index contributed by atoms with van der Waals surface area (Å²) in [5.41, 5.74) is 0. The van der Waals surface area contributed by atoms with Crippen molar-refractivity contribution in [3.05, 3.63) is 24.0 Å². The standard InChI is InChI=1S/C16H22FNO3S/c1-21-16-9-8-13(11-14(16)17)22(19,20)18-10-4-6-12-5-2-3-7-15(12)18/h8-9,11-12,15H,2-7,10H2,1H3/t12-,15+/m0/s1. The third-order valence-electron chi connectivity index (χ3n) is 4.92. The van der Waals surface area contributed by atoms with Crippen molar-refractivity contribution in [1.29, 1.82) is 0 Å². The number of halogens is 1. The fourth-order valence-corrected chi connectivity index (χ4v) is 5.59. The molecule has 0 unspecified atom stereocenters. The summed E-state index contributed by atoms with van der Waals surface area (Å²) in [7, 11) is -2.28. The van der Waals surface area contributed by atoms with Gasteiger partial charge in [0, 0.05) is 12.6 Å². The second-order valence-corrected chi connectivity index (χ2v) is 8.06. The van der Waals surface area contributed by atoms with E-state index in [1.54, 1.807) is 4.31 Å². The molecule has 1 aliphatic heterocycles. The lowest BCUT2D eigenvalue weighted by molar-refractivity contribution is 0.129. The Morgan fingerprint density at radius 1 is 1.18 bits per heavy atom. The van der Waals surface area contributed by atoms with Gasteiger partial charge in [-0.3, -0.25) is 0 Å². The second-order valence-electron chi connectivity index (χ2n) is 6.17. The van der Waals surface area contributed by atoms with E-state index in [9.17, 15) is 12.8 Å². The highest BCUT2D eigenvalue weighted by Gasteiger charge is 2.40. The van der Waals surface area contributed by atoms with Gasteiger partial charge < -0.3 is 4.74 Å². The van der Waals surface area contributed by atoms with Gasteiger partial charge in [0.15, 0.2) is 11.6 Å². The molecular formula is C16H22FNO3S. The molecule has 6 heteroatoms. The normalized spacial score (nSPS) is 26.5. The van der Waals surface area contributed by atoms with Crippen LogP contribution >= 0.6 is 0 Å². The van der Waals surface area contributed by atoms with Crippen LogP contribution < -0.4 is 4.74 Å². The van der Waals surface area contributed by atoms with E-state index in [1.165, 1.54) is 25.7 Å². The molecule has 2 atom stereocenters. The van der Waals surface area contributed by atoms with Crippen molar-refractivity contribution >= 4 is 10.0 Å². The van der Waals surface area contributed by atoms with Crippen molar-refractivity contribution in [2.75, 3.05) is 13.7 Å². The zero-order chi connectivity index (χ0) is 15.7. The van der Waals surface area contributed by atoms with Crippen LogP contribution in [0.5, 0.6) is 5.75 Å². The molecule has 0 N–H and O–H groups in total. The number of nitrogens with zero attached hydrogens (tertiary/aromatic N) is 1. The predicted molar refractivity (Wildman–Crippen MR) is 81.8 cm³/mol. The molecule has 3 rings (SSSR count). The molecule has 0 bridgehead atoms. The maximum absolute atomic E-state index is 13.9. The molecular weight excluding hydrogens is 305 g/mol. The summed E-state index contributed by atoms with van der Waals surface area (Å²) in [6, 6.07) is 3.96. The van der Waals surface area contributed by atoms with Crippen LogP contribution in [0.25, 0.3) is 0 Å². The van der Waals surface area contributed by atoms with E-state index < -0.39 is 15.8 Å².